The lowest BCUT2D eigenvalue weighted by Crippen LogP contribution is -2.42. The van der Waals surface area contributed by atoms with E-state index in [0.717, 1.165) is 37.9 Å². The number of anilines is 1. The van der Waals surface area contributed by atoms with E-state index in [0.29, 0.717) is 12.5 Å². The van der Waals surface area contributed by atoms with E-state index in [1.165, 1.54) is 11.1 Å². The molecular formula is C18H26N2O2. The summed E-state index contributed by atoms with van der Waals surface area (Å²) in [6.45, 7) is 5.69. The fourth-order valence-corrected chi connectivity index (χ4v) is 3.44. The van der Waals surface area contributed by atoms with Gasteiger partial charge in [0.15, 0.2) is 0 Å². The van der Waals surface area contributed by atoms with Gasteiger partial charge in [-0.1, -0.05) is 26.0 Å². The lowest BCUT2D eigenvalue weighted by atomic mass is 9.94. The summed E-state index contributed by atoms with van der Waals surface area (Å²) in [5.74, 6) is 0.619. The van der Waals surface area contributed by atoms with Crippen LogP contribution in [0, 0.1) is 0 Å². The van der Waals surface area contributed by atoms with Crippen molar-refractivity contribution in [3.05, 3.63) is 29.3 Å². The summed E-state index contributed by atoms with van der Waals surface area (Å²) in [6.07, 6.45) is 3.48. The monoisotopic (exact) mass is 302 g/mol. The highest BCUT2D eigenvalue weighted by Gasteiger charge is 2.34. The Bertz CT molecular complexity index is 556. The van der Waals surface area contributed by atoms with Gasteiger partial charge in [0, 0.05) is 18.8 Å². The van der Waals surface area contributed by atoms with Crippen molar-refractivity contribution >= 4 is 11.6 Å². The molecule has 0 aromatic heterocycles. The van der Waals surface area contributed by atoms with Gasteiger partial charge in [0.25, 0.3) is 5.91 Å². The molecule has 1 fully saturated rings. The van der Waals surface area contributed by atoms with Crippen LogP contribution in [-0.4, -0.2) is 31.2 Å². The van der Waals surface area contributed by atoms with Crippen molar-refractivity contribution in [3.8, 4) is 0 Å². The van der Waals surface area contributed by atoms with Gasteiger partial charge in [0.05, 0.1) is 6.10 Å². The van der Waals surface area contributed by atoms with Crippen LogP contribution in [0.15, 0.2) is 18.2 Å². The number of rotatable bonds is 3. The van der Waals surface area contributed by atoms with Crippen molar-refractivity contribution in [1.29, 1.82) is 0 Å². The molecule has 0 saturated carbocycles. The third-order valence-corrected chi connectivity index (χ3v) is 4.80. The number of carbonyl (C=O) groups excluding carboxylic acids is 1. The average molecular weight is 302 g/mol. The molecule has 22 heavy (non-hydrogen) atoms. The van der Waals surface area contributed by atoms with Crippen molar-refractivity contribution in [2.24, 2.45) is 5.73 Å². The molecule has 2 atom stereocenters. The van der Waals surface area contributed by atoms with Crippen LogP contribution in [0.25, 0.3) is 0 Å². The lowest BCUT2D eigenvalue weighted by molar-refractivity contribution is -0.129. The number of fused-ring (bicyclic) bond motifs is 1. The molecule has 0 bridgehead atoms. The number of hydrogen-bond donors (Lipinski definition) is 1. The van der Waals surface area contributed by atoms with Crippen LogP contribution in [-0.2, 0) is 16.0 Å². The van der Waals surface area contributed by atoms with Crippen molar-refractivity contribution in [2.75, 3.05) is 18.0 Å². The molecule has 0 aliphatic carbocycles. The van der Waals surface area contributed by atoms with Gasteiger partial charge in [0.1, 0.15) is 6.10 Å². The molecule has 0 spiro atoms. The van der Waals surface area contributed by atoms with Gasteiger partial charge in [-0.15, -0.1) is 0 Å². The van der Waals surface area contributed by atoms with Crippen molar-refractivity contribution in [1.82, 2.24) is 0 Å². The molecule has 0 unspecified atom stereocenters. The summed E-state index contributed by atoms with van der Waals surface area (Å²) in [5.41, 5.74) is 9.35. The molecule has 1 aromatic carbocycles. The zero-order valence-corrected chi connectivity index (χ0v) is 13.5. The third kappa shape index (κ3) is 2.90. The van der Waals surface area contributed by atoms with Gasteiger partial charge in [-0.25, -0.2) is 0 Å². The molecule has 0 radical (unpaired) electrons. The fourth-order valence-electron chi connectivity index (χ4n) is 3.44. The Morgan fingerprint density at radius 1 is 1.41 bits per heavy atom. The number of carbonyl (C=O) groups is 1. The van der Waals surface area contributed by atoms with E-state index < -0.39 is 0 Å². The van der Waals surface area contributed by atoms with E-state index in [1.807, 2.05) is 4.90 Å². The van der Waals surface area contributed by atoms with Crippen LogP contribution in [0.3, 0.4) is 0 Å². The first-order chi connectivity index (χ1) is 10.6. The zero-order chi connectivity index (χ0) is 15.7. The fraction of sp³-hybridized carbons (Fsp3) is 0.611. The Hall–Kier alpha value is -1.39. The first-order valence-electron chi connectivity index (χ1n) is 8.40. The molecule has 2 heterocycles. The normalized spacial score (nSPS) is 24.6. The highest BCUT2D eigenvalue weighted by Crippen LogP contribution is 2.32. The molecule has 2 aliphatic heterocycles. The Balaban J connectivity index is 1.81. The Morgan fingerprint density at radius 3 is 2.91 bits per heavy atom. The number of hydrogen-bond acceptors (Lipinski definition) is 3. The Kier molecular flexibility index (Phi) is 4.50. The summed E-state index contributed by atoms with van der Waals surface area (Å²) in [5, 5.41) is 0. The standard InChI is InChI=1S/C18H26N2O2/c1-12(2)13-5-7-16-14(10-13)4-3-9-20(16)18(21)17-8-6-15(11-19)22-17/h5,7,10,12,15,17H,3-4,6,8-9,11,19H2,1-2H3/t15-,17+/m1/s1. The minimum Gasteiger partial charge on any atom is -0.364 e. The van der Waals surface area contributed by atoms with Gasteiger partial charge < -0.3 is 15.4 Å². The van der Waals surface area contributed by atoms with Crippen LogP contribution in [0.1, 0.15) is 50.2 Å². The summed E-state index contributed by atoms with van der Waals surface area (Å²) in [6, 6.07) is 6.52. The quantitative estimate of drug-likeness (QED) is 0.933. The highest BCUT2D eigenvalue weighted by atomic mass is 16.5. The van der Waals surface area contributed by atoms with E-state index in [-0.39, 0.29) is 18.1 Å². The molecular weight excluding hydrogens is 276 g/mol. The molecule has 1 aromatic rings. The smallest absolute Gasteiger partial charge is 0.256 e. The predicted octanol–water partition coefficient (Wildman–Crippen LogP) is 2.60. The summed E-state index contributed by atoms with van der Waals surface area (Å²) in [7, 11) is 0. The first-order valence-corrected chi connectivity index (χ1v) is 8.40. The molecule has 1 saturated heterocycles. The van der Waals surface area contributed by atoms with Gasteiger partial charge in [-0.05, 0) is 48.8 Å². The molecule has 4 nitrogen and oxygen atoms in total. The van der Waals surface area contributed by atoms with Crippen LogP contribution in [0.5, 0.6) is 0 Å². The van der Waals surface area contributed by atoms with Gasteiger partial charge in [-0.3, -0.25) is 4.79 Å². The molecule has 120 valence electrons. The van der Waals surface area contributed by atoms with E-state index in [4.69, 9.17) is 10.5 Å². The van der Waals surface area contributed by atoms with Gasteiger partial charge >= 0.3 is 0 Å². The Morgan fingerprint density at radius 2 is 2.23 bits per heavy atom. The zero-order valence-electron chi connectivity index (χ0n) is 13.5. The SMILES string of the molecule is CC(C)c1ccc2c(c1)CCCN2C(=O)[C@@H]1CC[C@H](CN)O1. The average Bonchev–Trinajstić information content (AvgIpc) is 3.02. The van der Waals surface area contributed by atoms with Crippen molar-refractivity contribution in [2.45, 2.75) is 57.7 Å². The van der Waals surface area contributed by atoms with Crippen molar-refractivity contribution in [3.63, 3.8) is 0 Å². The second-order valence-corrected chi connectivity index (χ2v) is 6.70. The summed E-state index contributed by atoms with van der Waals surface area (Å²) >= 11 is 0. The molecule has 1 amide bonds. The highest BCUT2D eigenvalue weighted by molar-refractivity contribution is 5.97. The second kappa shape index (κ2) is 6.39. The first kappa shape index (κ1) is 15.5. The summed E-state index contributed by atoms with van der Waals surface area (Å²) < 4.78 is 5.79. The number of amides is 1. The van der Waals surface area contributed by atoms with Crippen molar-refractivity contribution < 1.29 is 9.53 Å². The van der Waals surface area contributed by atoms with Gasteiger partial charge in [0.2, 0.25) is 0 Å². The molecule has 3 rings (SSSR count). The van der Waals surface area contributed by atoms with Gasteiger partial charge in [-0.2, -0.15) is 0 Å². The predicted molar refractivity (Wildman–Crippen MR) is 88.2 cm³/mol. The third-order valence-electron chi connectivity index (χ3n) is 4.80. The molecule has 4 heteroatoms. The maximum absolute atomic E-state index is 12.8. The van der Waals surface area contributed by atoms with E-state index in [1.54, 1.807) is 0 Å². The van der Waals surface area contributed by atoms with E-state index in [2.05, 4.69) is 32.0 Å². The van der Waals surface area contributed by atoms with E-state index in [9.17, 15) is 4.79 Å². The second-order valence-electron chi connectivity index (χ2n) is 6.70. The number of nitrogens with zero attached hydrogens (tertiary/aromatic N) is 1. The lowest BCUT2D eigenvalue weighted by Gasteiger charge is -2.32. The molecule has 2 N–H and O–H groups in total. The number of aryl methyl sites for hydroxylation is 1. The topological polar surface area (TPSA) is 55.6 Å². The van der Waals surface area contributed by atoms with Crippen LogP contribution in [0.2, 0.25) is 0 Å². The van der Waals surface area contributed by atoms with Crippen LogP contribution < -0.4 is 10.6 Å². The minimum atomic E-state index is -0.315. The maximum Gasteiger partial charge on any atom is 0.256 e. The van der Waals surface area contributed by atoms with E-state index >= 15 is 0 Å². The number of ether oxygens (including phenoxy) is 1. The van der Waals surface area contributed by atoms with Crippen LogP contribution in [0.4, 0.5) is 5.69 Å². The number of nitrogens with two attached hydrogens (primary N) is 1. The molecule has 2 aliphatic rings. The summed E-state index contributed by atoms with van der Waals surface area (Å²) in [4.78, 5) is 14.7. The Labute approximate surface area is 132 Å². The largest absolute Gasteiger partial charge is 0.364 e. The number of benzene rings is 1. The van der Waals surface area contributed by atoms with Crippen LogP contribution >= 0.6 is 0 Å². The maximum atomic E-state index is 12.8. The minimum absolute atomic E-state index is 0.0431.